The fraction of sp³-hybridized carbons (Fsp3) is 0.300. The zero-order valence-electron chi connectivity index (χ0n) is 8.26. The summed E-state index contributed by atoms with van der Waals surface area (Å²) in [5, 5.41) is 0. The number of benzene rings is 1. The van der Waals surface area contributed by atoms with Gasteiger partial charge in [0.25, 0.3) is 0 Å². The van der Waals surface area contributed by atoms with E-state index >= 15 is 0 Å². The van der Waals surface area contributed by atoms with Crippen LogP contribution in [0, 0.1) is 6.92 Å². The van der Waals surface area contributed by atoms with Gasteiger partial charge in [0.2, 0.25) is 0 Å². The van der Waals surface area contributed by atoms with E-state index in [1.54, 1.807) is 18.5 Å². The van der Waals surface area contributed by atoms with Gasteiger partial charge in [-0.15, -0.1) is 0 Å². The summed E-state index contributed by atoms with van der Waals surface area (Å²) < 4.78 is 39.1. The maximum atomic E-state index is 12.5. The topological polar surface area (TPSA) is 17.8 Å². The number of rotatable bonds is 0. The van der Waals surface area contributed by atoms with Gasteiger partial charge >= 0.3 is 6.18 Å². The molecule has 2 rings (SSSR count). The third kappa shape index (κ3) is 1.58. The lowest BCUT2D eigenvalue weighted by Gasteiger charge is -2.08. The quantitative estimate of drug-likeness (QED) is 0.659. The molecule has 5 heteroatoms. The van der Waals surface area contributed by atoms with Gasteiger partial charge < -0.3 is 4.57 Å². The third-order valence-electron chi connectivity index (χ3n) is 2.35. The van der Waals surface area contributed by atoms with Crippen molar-refractivity contribution >= 4 is 11.0 Å². The van der Waals surface area contributed by atoms with E-state index in [9.17, 15) is 13.2 Å². The molecule has 0 radical (unpaired) electrons. The van der Waals surface area contributed by atoms with Crippen molar-refractivity contribution in [2.75, 3.05) is 0 Å². The van der Waals surface area contributed by atoms with Crippen molar-refractivity contribution < 1.29 is 13.2 Å². The second-order valence-electron chi connectivity index (χ2n) is 3.51. The van der Waals surface area contributed by atoms with Crippen LogP contribution in [-0.2, 0) is 13.2 Å². The zero-order valence-corrected chi connectivity index (χ0v) is 8.26. The Kier molecular flexibility index (Phi) is 1.99. The van der Waals surface area contributed by atoms with E-state index in [0.29, 0.717) is 16.6 Å². The van der Waals surface area contributed by atoms with E-state index in [0.717, 1.165) is 12.1 Å². The summed E-state index contributed by atoms with van der Waals surface area (Å²) in [5.74, 6) is 0. The summed E-state index contributed by atoms with van der Waals surface area (Å²) >= 11 is 0. The number of alkyl halides is 3. The second kappa shape index (κ2) is 2.98. The number of nitrogens with zero attached hydrogens (tertiary/aromatic N) is 2. The Morgan fingerprint density at radius 1 is 1.27 bits per heavy atom. The molecule has 0 saturated carbocycles. The number of imidazole rings is 1. The predicted octanol–water partition coefficient (Wildman–Crippen LogP) is 2.90. The molecule has 0 fully saturated rings. The van der Waals surface area contributed by atoms with Crippen molar-refractivity contribution in [3.63, 3.8) is 0 Å². The van der Waals surface area contributed by atoms with Crippen molar-refractivity contribution in [3.8, 4) is 0 Å². The van der Waals surface area contributed by atoms with E-state index in [1.165, 1.54) is 6.33 Å². The first-order valence-electron chi connectivity index (χ1n) is 4.38. The Morgan fingerprint density at radius 3 is 2.53 bits per heavy atom. The summed E-state index contributed by atoms with van der Waals surface area (Å²) in [6.07, 6.45) is -2.79. The molecule has 0 amide bonds. The highest BCUT2D eigenvalue weighted by Crippen LogP contribution is 2.32. The fourth-order valence-electron chi connectivity index (χ4n) is 1.57. The highest BCUT2D eigenvalue weighted by molar-refractivity contribution is 5.79. The molecule has 0 atom stereocenters. The molecule has 2 nitrogen and oxygen atoms in total. The molecule has 0 aliphatic rings. The van der Waals surface area contributed by atoms with Gasteiger partial charge in [0, 0.05) is 7.05 Å². The van der Waals surface area contributed by atoms with E-state index in [4.69, 9.17) is 0 Å². The van der Waals surface area contributed by atoms with Crippen LogP contribution in [0.5, 0.6) is 0 Å². The normalized spacial score (nSPS) is 12.3. The standard InChI is InChI=1S/C10H9F3N2/c1-6-3-7(10(11,12)13)4-8-9(6)14-5-15(8)2/h3-5H,1-2H3. The lowest BCUT2D eigenvalue weighted by atomic mass is 10.1. The van der Waals surface area contributed by atoms with Crippen LogP contribution in [0.2, 0.25) is 0 Å². The van der Waals surface area contributed by atoms with Gasteiger partial charge in [-0.05, 0) is 24.6 Å². The van der Waals surface area contributed by atoms with Crippen LogP contribution in [0.3, 0.4) is 0 Å². The van der Waals surface area contributed by atoms with Crippen LogP contribution >= 0.6 is 0 Å². The van der Waals surface area contributed by atoms with Crippen molar-refractivity contribution in [3.05, 3.63) is 29.6 Å². The molecule has 0 N–H and O–H groups in total. The summed E-state index contributed by atoms with van der Waals surface area (Å²) in [4.78, 5) is 4.04. The molecule has 80 valence electrons. The van der Waals surface area contributed by atoms with Gasteiger partial charge in [0.15, 0.2) is 0 Å². The first-order valence-corrected chi connectivity index (χ1v) is 4.38. The Morgan fingerprint density at radius 2 is 1.93 bits per heavy atom. The van der Waals surface area contributed by atoms with Gasteiger partial charge in [-0.3, -0.25) is 0 Å². The first-order chi connectivity index (χ1) is 6.89. The average molecular weight is 214 g/mol. The summed E-state index contributed by atoms with van der Waals surface area (Å²) in [6.45, 7) is 1.63. The van der Waals surface area contributed by atoms with E-state index < -0.39 is 11.7 Å². The van der Waals surface area contributed by atoms with Crippen LogP contribution in [0.15, 0.2) is 18.5 Å². The number of hydrogen-bond acceptors (Lipinski definition) is 1. The minimum Gasteiger partial charge on any atom is -0.334 e. The van der Waals surface area contributed by atoms with Crippen molar-refractivity contribution in [2.45, 2.75) is 13.1 Å². The molecule has 2 aromatic rings. The summed E-state index contributed by atoms with van der Waals surface area (Å²) in [7, 11) is 1.68. The van der Waals surface area contributed by atoms with Crippen molar-refractivity contribution in [2.24, 2.45) is 7.05 Å². The number of aryl methyl sites for hydroxylation is 2. The number of hydrogen-bond donors (Lipinski definition) is 0. The molecule has 1 heterocycles. The SMILES string of the molecule is Cc1cc(C(F)(F)F)cc2c1ncn2C. The Balaban J connectivity index is 2.76. The molecular formula is C10H9F3N2. The van der Waals surface area contributed by atoms with E-state index in [1.807, 2.05) is 0 Å². The molecule has 0 aliphatic heterocycles. The van der Waals surface area contributed by atoms with E-state index in [-0.39, 0.29) is 0 Å². The number of aromatic nitrogens is 2. The largest absolute Gasteiger partial charge is 0.416 e. The number of halogens is 3. The average Bonchev–Trinajstić information content (AvgIpc) is 2.47. The van der Waals surface area contributed by atoms with Gasteiger partial charge in [0.05, 0.1) is 22.9 Å². The molecule has 0 saturated heterocycles. The second-order valence-corrected chi connectivity index (χ2v) is 3.51. The van der Waals surface area contributed by atoms with Crippen LogP contribution in [0.4, 0.5) is 13.2 Å². The zero-order chi connectivity index (χ0) is 11.2. The van der Waals surface area contributed by atoms with Crippen LogP contribution in [-0.4, -0.2) is 9.55 Å². The molecule has 0 spiro atoms. The Labute approximate surface area is 84.3 Å². The smallest absolute Gasteiger partial charge is 0.334 e. The lowest BCUT2D eigenvalue weighted by molar-refractivity contribution is -0.137. The lowest BCUT2D eigenvalue weighted by Crippen LogP contribution is -2.05. The van der Waals surface area contributed by atoms with Crippen LogP contribution in [0.1, 0.15) is 11.1 Å². The monoisotopic (exact) mass is 214 g/mol. The number of fused-ring (bicyclic) bond motifs is 1. The maximum Gasteiger partial charge on any atom is 0.416 e. The van der Waals surface area contributed by atoms with Gasteiger partial charge in [-0.2, -0.15) is 13.2 Å². The molecule has 1 aromatic heterocycles. The summed E-state index contributed by atoms with van der Waals surface area (Å²) in [5.41, 5.74) is 1.03. The van der Waals surface area contributed by atoms with Gasteiger partial charge in [-0.1, -0.05) is 0 Å². The first kappa shape index (κ1) is 10.0. The molecule has 0 bridgehead atoms. The third-order valence-corrected chi connectivity index (χ3v) is 2.35. The highest BCUT2D eigenvalue weighted by Gasteiger charge is 2.31. The minimum atomic E-state index is -4.30. The maximum absolute atomic E-state index is 12.5. The Bertz CT molecular complexity index is 511. The highest BCUT2D eigenvalue weighted by atomic mass is 19.4. The van der Waals surface area contributed by atoms with Gasteiger partial charge in [-0.25, -0.2) is 4.98 Å². The van der Waals surface area contributed by atoms with E-state index in [2.05, 4.69) is 4.98 Å². The Hall–Kier alpha value is -1.52. The molecule has 15 heavy (non-hydrogen) atoms. The molecule has 1 aromatic carbocycles. The summed E-state index contributed by atoms with van der Waals surface area (Å²) in [6, 6.07) is 2.24. The minimum absolute atomic E-state index is 0.502. The van der Waals surface area contributed by atoms with Gasteiger partial charge in [0.1, 0.15) is 0 Å². The fourth-order valence-corrected chi connectivity index (χ4v) is 1.57. The van der Waals surface area contributed by atoms with Crippen molar-refractivity contribution in [1.29, 1.82) is 0 Å². The molecular weight excluding hydrogens is 205 g/mol. The predicted molar refractivity (Wildman–Crippen MR) is 50.5 cm³/mol. The van der Waals surface area contributed by atoms with Crippen molar-refractivity contribution in [1.82, 2.24) is 9.55 Å². The van der Waals surface area contributed by atoms with Crippen LogP contribution < -0.4 is 0 Å². The molecule has 0 aliphatic carbocycles. The van der Waals surface area contributed by atoms with Crippen LogP contribution in [0.25, 0.3) is 11.0 Å². The molecule has 0 unspecified atom stereocenters.